The highest BCUT2D eigenvalue weighted by Crippen LogP contribution is 2.17. The van der Waals surface area contributed by atoms with Gasteiger partial charge in [0.25, 0.3) is 0 Å². The van der Waals surface area contributed by atoms with E-state index < -0.39 is 5.97 Å². The van der Waals surface area contributed by atoms with Crippen molar-refractivity contribution in [2.45, 2.75) is 20.8 Å². The van der Waals surface area contributed by atoms with Crippen LogP contribution >= 0.6 is 22.6 Å². The summed E-state index contributed by atoms with van der Waals surface area (Å²) in [6.45, 7) is 5.62. The van der Waals surface area contributed by atoms with E-state index in [-0.39, 0.29) is 12.4 Å². The number of Topliss-reactive ketones (excluding diaryl/α,β-unsaturated/α-hetero) is 1. The van der Waals surface area contributed by atoms with Gasteiger partial charge < -0.3 is 4.74 Å². The number of aryl methyl sites for hydroxylation is 3. The maximum atomic E-state index is 12.3. The third kappa shape index (κ3) is 3.74. The van der Waals surface area contributed by atoms with Gasteiger partial charge in [-0.1, -0.05) is 18.2 Å². The van der Waals surface area contributed by atoms with Crippen LogP contribution in [0.1, 0.15) is 37.4 Å². The highest BCUT2D eigenvalue weighted by atomic mass is 127. The van der Waals surface area contributed by atoms with Gasteiger partial charge in [0, 0.05) is 9.13 Å². The first-order valence-electron chi connectivity index (χ1n) is 6.93. The summed E-state index contributed by atoms with van der Waals surface area (Å²) in [5.41, 5.74) is 4.19. The van der Waals surface area contributed by atoms with E-state index in [1.54, 1.807) is 12.1 Å². The van der Waals surface area contributed by atoms with Crippen molar-refractivity contribution >= 4 is 34.3 Å². The van der Waals surface area contributed by atoms with E-state index in [0.717, 1.165) is 20.3 Å². The largest absolute Gasteiger partial charge is 0.454 e. The molecular weight excluding hydrogens is 391 g/mol. The third-order valence-corrected chi connectivity index (χ3v) is 4.51. The highest BCUT2D eigenvalue weighted by Gasteiger charge is 2.15. The molecule has 2 rings (SSSR count). The number of ketones is 1. The summed E-state index contributed by atoms with van der Waals surface area (Å²) in [5.74, 6) is -0.653. The average molecular weight is 408 g/mol. The van der Waals surface area contributed by atoms with Gasteiger partial charge in [-0.05, 0) is 78.3 Å². The Hall–Kier alpha value is -1.69. The Morgan fingerprint density at radius 3 is 2.27 bits per heavy atom. The first-order chi connectivity index (χ1) is 10.4. The number of hydrogen-bond acceptors (Lipinski definition) is 3. The summed E-state index contributed by atoms with van der Waals surface area (Å²) < 4.78 is 5.96. The molecule has 0 atom stereocenters. The fourth-order valence-electron chi connectivity index (χ4n) is 2.17. The first-order valence-corrected chi connectivity index (χ1v) is 8.00. The molecular formula is C18H17IO3. The lowest BCUT2D eigenvalue weighted by Crippen LogP contribution is -2.16. The molecule has 0 fully saturated rings. The molecule has 0 aliphatic heterocycles. The second kappa shape index (κ2) is 7.05. The van der Waals surface area contributed by atoms with Gasteiger partial charge in [0.05, 0.1) is 5.56 Å². The van der Waals surface area contributed by atoms with Gasteiger partial charge in [0.2, 0.25) is 5.78 Å². The van der Waals surface area contributed by atoms with Crippen molar-refractivity contribution in [2.75, 3.05) is 6.61 Å². The lowest BCUT2D eigenvalue weighted by molar-refractivity contribution is 0.0473. The van der Waals surface area contributed by atoms with Crippen molar-refractivity contribution in [1.82, 2.24) is 0 Å². The van der Waals surface area contributed by atoms with Gasteiger partial charge in [-0.2, -0.15) is 0 Å². The van der Waals surface area contributed by atoms with Crippen LogP contribution in [0.25, 0.3) is 0 Å². The molecule has 0 spiro atoms. The Morgan fingerprint density at radius 1 is 0.955 bits per heavy atom. The van der Waals surface area contributed by atoms with Crippen molar-refractivity contribution in [3.05, 3.63) is 67.8 Å². The number of carbonyl (C=O) groups is 2. The van der Waals surface area contributed by atoms with Gasteiger partial charge in [0.15, 0.2) is 6.61 Å². The predicted octanol–water partition coefficient (Wildman–Crippen LogP) is 4.26. The molecule has 0 heterocycles. The maximum absolute atomic E-state index is 12.3. The second-order valence-corrected chi connectivity index (χ2v) is 6.39. The van der Waals surface area contributed by atoms with E-state index in [2.05, 4.69) is 22.6 Å². The monoisotopic (exact) mass is 408 g/mol. The molecule has 22 heavy (non-hydrogen) atoms. The topological polar surface area (TPSA) is 43.4 Å². The summed E-state index contributed by atoms with van der Waals surface area (Å²) in [6.07, 6.45) is 0. The van der Waals surface area contributed by atoms with E-state index in [4.69, 9.17) is 4.74 Å². The van der Waals surface area contributed by atoms with Crippen LogP contribution in [-0.4, -0.2) is 18.4 Å². The molecule has 2 aromatic carbocycles. The highest BCUT2D eigenvalue weighted by molar-refractivity contribution is 14.1. The summed E-state index contributed by atoms with van der Waals surface area (Å²) in [4.78, 5) is 24.3. The number of ether oxygens (including phenoxy) is 1. The van der Waals surface area contributed by atoms with Crippen LogP contribution in [0.4, 0.5) is 0 Å². The Bertz CT molecular complexity index is 735. The molecule has 2 aromatic rings. The smallest absolute Gasteiger partial charge is 0.339 e. The minimum absolute atomic E-state index is 0.181. The molecule has 0 aliphatic carbocycles. The van der Waals surface area contributed by atoms with E-state index in [9.17, 15) is 9.59 Å². The summed E-state index contributed by atoms with van der Waals surface area (Å²) in [7, 11) is 0. The minimum Gasteiger partial charge on any atom is -0.454 e. The Kier molecular flexibility index (Phi) is 5.34. The van der Waals surface area contributed by atoms with Crippen molar-refractivity contribution in [3.63, 3.8) is 0 Å². The summed E-state index contributed by atoms with van der Waals surface area (Å²) >= 11 is 2.07. The standard InChI is InChI=1S/C18H17IO3/c1-11-8-13(3)15(9-12(11)2)17(20)10-22-18(21)14-6-4-5-7-16(14)19/h4-9H,10H2,1-3H3. The van der Waals surface area contributed by atoms with Crippen LogP contribution in [0.3, 0.4) is 0 Å². The van der Waals surface area contributed by atoms with Gasteiger partial charge in [-0.25, -0.2) is 4.79 Å². The fraction of sp³-hybridized carbons (Fsp3) is 0.222. The Balaban J connectivity index is 2.09. The van der Waals surface area contributed by atoms with E-state index >= 15 is 0 Å². The molecule has 0 N–H and O–H groups in total. The van der Waals surface area contributed by atoms with Crippen LogP contribution in [0.15, 0.2) is 36.4 Å². The first kappa shape index (κ1) is 16.7. The Labute approximate surface area is 143 Å². The molecule has 0 aliphatic rings. The fourth-order valence-corrected chi connectivity index (χ4v) is 2.78. The number of esters is 1. The third-order valence-electron chi connectivity index (χ3n) is 3.57. The second-order valence-electron chi connectivity index (χ2n) is 5.23. The molecule has 0 bridgehead atoms. The summed E-state index contributed by atoms with van der Waals surface area (Å²) in [6, 6.07) is 11.0. The quantitative estimate of drug-likeness (QED) is 0.432. The lowest BCUT2D eigenvalue weighted by Gasteiger charge is -2.10. The van der Waals surface area contributed by atoms with Gasteiger partial charge >= 0.3 is 5.97 Å². The molecule has 0 amide bonds. The SMILES string of the molecule is Cc1cc(C)c(C(=O)COC(=O)c2ccccc2I)cc1C. The van der Waals surface area contributed by atoms with E-state index in [0.29, 0.717) is 11.1 Å². The van der Waals surface area contributed by atoms with E-state index in [1.807, 2.05) is 45.0 Å². The molecule has 4 heteroatoms. The molecule has 0 radical (unpaired) electrons. The van der Waals surface area contributed by atoms with Crippen LogP contribution in [0.2, 0.25) is 0 Å². The van der Waals surface area contributed by atoms with Crippen LogP contribution in [-0.2, 0) is 4.74 Å². The lowest BCUT2D eigenvalue weighted by atomic mass is 9.98. The average Bonchev–Trinajstić information content (AvgIpc) is 2.48. The molecule has 0 aromatic heterocycles. The molecule has 3 nitrogen and oxygen atoms in total. The van der Waals surface area contributed by atoms with Crippen LogP contribution < -0.4 is 0 Å². The van der Waals surface area contributed by atoms with Crippen molar-refractivity contribution in [2.24, 2.45) is 0 Å². The van der Waals surface area contributed by atoms with Crippen molar-refractivity contribution < 1.29 is 14.3 Å². The summed E-state index contributed by atoms with van der Waals surface area (Å²) in [5, 5.41) is 0. The van der Waals surface area contributed by atoms with Crippen molar-refractivity contribution in [3.8, 4) is 0 Å². The number of halogens is 1. The number of benzene rings is 2. The van der Waals surface area contributed by atoms with E-state index in [1.165, 1.54) is 0 Å². The zero-order chi connectivity index (χ0) is 16.3. The molecule has 0 unspecified atom stereocenters. The molecule has 114 valence electrons. The van der Waals surface area contributed by atoms with Crippen LogP contribution in [0, 0.1) is 24.3 Å². The minimum atomic E-state index is -0.472. The number of carbonyl (C=O) groups excluding carboxylic acids is 2. The predicted molar refractivity (Wildman–Crippen MR) is 94.4 cm³/mol. The van der Waals surface area contributed by atoms with Gasteiger partial charge in [-0.3, -0.25) is 4.79 Å². The zero-order valence-electron chi connectivity index (χ0n) is 12.8. The Morgan fingerprint density at radius 2 is 1.59 bits per heavy atom. The van der Waals surface area contributed by atoms with Crippen molar-refractivity contribution in [1.29, 1.82) is 0 Å². The maximum Gasteiger partial charge on any atom is 0.339 e. The zero-order valence-corrected chi connectivity index (χ0v) is 14.9. The number of rotatable bonds is 4. The van der Waals surface area contributed by atoms with Crippen LogP contribution in [0.5, 0.6) is 0 Å². The molecule has 0 saturated carbocycles. The molecule has 0 saturated heterocycles. The van der Waals surface area contributed by atoms with Gasteiger partial charge in [-0.15, -0.1) is 0 Å². The number of hydrogen-bond donors (Lipinski definition) is 0. The normalized spacial score (nSPS) is 10.4. The van der Waals surface area contributed by atoms with Gasteiger partial charge in [0.1, 0.15) is 0 Å².